The van der Waals surface area contributed by atoms with E-state index in [2.05, 4.69) is 10.6 Å². The van der Waals surface area contributed by atoms with Crippen molar-refractivity contribution in [2.24, 2.45) is 0 Å². The van der Waals surface area contributed by atoms with Gasteiger partial charge in [-0.25, -0.2) is 0 Å². The van der Waals surface area contributed by atoms with Crippen molar-refractivity contribution in [2.75, 3.05) is 12.4 Å². The quantitative estimate of drug-likeness (QED) is 0.908. The van der Waals surface area contributed by atoms with E-state index in [1.165, 1.54) is 0 Å². The fourth-order valence-electron chi connectivity index (χ4n) is 2.46. The number of nitrogens with one attached hydrogen (secondary N) is 2. The number of carbonyl (C=O) groups is 2. The molecule has 0 unspecified atom stereocenters. The Bertz CT molecular complexity index is 740. The Labute approximate surface area is 128 Å². The molecule has 5 nitrogen and oxygen atoms in total. The Hall–Kier alpha value is -2.82. The van der Waals surface area contributed by atoms with E-state index in [1.54, 1.807) is 13.2 Å². The van der Waals surface area contributed by atoms with E-state index in [9.17, 15) is 9.59 Å². The SMILES string of the molecule is COc1cccc(CC(=O)Nc2ccc3c(c2)C(=O)NC3)c1. The number of ether oxygens (including phenoxy) is 1. The summed E-state index contributed by atoms with van der Waals surface area (Å²) in [5.74, 6) is 0.491. The van der Waals surface area contributed by atoms with Gasteiger partial charge in [0.2, 0.25) is 5.91 Å². The Balaban J connectivity index is 1.69. The molecule has 3 rings (SSSR count). The number of benzene rings is 2. The van der Waals surface area contributed by atoms with Crippen LogP contribution in [0, 0.1) is 0 Å². The molecule has 1 aliphatic rings. The number of anilines is 1. The zero-order valence-electron chi connectivity index (χ0n) is 12.2. The van der Waals surface area contributed by atoms with Crippen molar-refractivity contribution in [1.82, 2.24) is 5.32 Å². The molecule has 0 radical (unpaired) electrons. The first-order chi connectivity index (χ1) is 10.7. The van der Waals surface area contributed by atoms with E-state index in [-0.39, 0.29) is 18.2 Å². The highest BCUT2D eigenvalue weighted by Crippen LogP contribution is 2.20. The van der Waals surface area contributed by atoms with Gasteiger partial charge in [-0.3, -0.25) is 9.59 Å². The van der Waals surface area contributed by atoms with Gasteiger partial charge in [-0.1, -0.05) is 18.2 Å². The van der Waals surface area contributed by atoms with Crippen LogP contribution in [0.25, 0.3) is 0 Å². The minimum absolute atomic E-state index is 0.0982. The molecule has 2 aromatic carbocycles. The van der Waals surface area contributed by atoms with Gasteiger partial charge in [0.1, 0.15) is 5.75 Å². The van der Waals surface area contributed by atoms with Crippen molar-refractivity contribution in [2.45, 2.75) is 13.0 Å². The van der Waals surface area contributed by atoms with Crippen LogP contribution < -0.4 is 15.4 Å². The molecule has 0 saturated carbocycles. The minimum Gasteiger partial charge on any atom is -0.497 e. The maximum Gasteiger partial charge on any atom is 0.251 e. The van der Waals surface area contributed by atoms with E-state index < -0.39 is 0 Å². The molecule has 112 valence electrons. The zero-order chi connectivity index (χ0) is 15.5. The van der Waals surface area contributed by atoms with Gasteiger partial charge in [0, 0.05) is 17.8 Å². The van der Waals surface area contributed by atoms with Crippen LogP contribution in [0.4, 0.5) is 5.69 Å². The van der Waals surface area contributed by atoms with E-state index in [0.29, 0.717) is 17.8 Å². The first kappa shape index (κ1) is 14.1. The third kappa shape index (κ3) is 2.93. The summed E-state index contributed by atoms with van der Waals surface area (Å²) in [6, 6.07) is 12.8. The average molecular weight is 296 g/mol. The lowest BCUT2D eigenvalue weighted by Gasteiger charge is -2.07. The summed E-state index contributed by atoms with van der Waals surface area (Å²) in [4.78, 5) is 23.7. The lowest BCUT2D eigenvalue weighted by Crippen LogP contribution is -2.15. The molecule has 0 aliphatic carbocycles. The summed E-state index contributed by atoms with van der Waals surface area (Å²) in [6.07, 6.45) is 0.250. The van der Waals surface area contributed by atoms with Crippen molar-refractivity contribution in [3.8, 4) is 5.75 Å². The maximum absolute atomic E-state index is 12.1. The molecule has 0 spiro atoms. The molecule has 2 N–H and O–H groups in total. The van der Waals surface area contributed by atoms with E-state index in [0.717, 1.165) is 16.9 Å². The third-order valence-electron chi connectivity index (χ3n) is 3.58. The molecule has 1 aliphatic heterocycles. The third-order valence-corrected chi connectivity index (χ3v) is 3.58. The van der Waals surface area contributed by atoms with Gasteiger partial charge in [0.25, 0.3) is 5.91 Å². The Morgan fingerprint density at radius 3 is 2.95 bits per heavy atom. The predicted molar refractivity (Wildman–Crippen MR) is 82.9 cm³/mol. The topological polar surface area (TPSA) is 67.4 Å². The molecule has 0 fully saturated rings. The molecule has 1 heterocycles. The number of carbonyl (C=O) groups excluding carboxylic acids is 2. The number of fused-ring (bicyclic) bond motifs is 1. The summed E-state index contributed by atoms with van der Waals surface area (Å²) in [6.45, 7) is 0.548. The van der Waals surface area contributed by atoms with Gasteiger partial charge in [-0.2, -0.15) is 0 Å². The van der Waals surface area contributed by atoms with Gasteiger partial charge < -0.3 is 15.4 Å². The molecule has 0 bridgehead atoms. The van der Waals surface area contributed by atoms with Gasteiger partial charge in [0.15, 0.2) is 0 Å². The highest BCUT2D eigenvalue weighted by Gasteiger charge is 2.19. The molecular formula is C17H16N2O3. The summed E-state index contributed by atoms with van der Waals surface area (Å²) < 4.78 is 5.14. The normalized spacial score (nSPS) is 12.5. The molecule has 0 atom stereocenters. The van der Waals surface area contributed by atoms with Crippen LogP contribution in [0.3, 0.4) is 0 Å². The van der Waals surface area contributed by atoms with E-state index in [4.69, 9.17) is 4.74 Å². The zero-order valence-corrected chi connectivity index (χ0v) is 12.2. The van der Waals surface area contributed by atoms with Crippen LogP contribution in [-0.4, -0.2) is 18.9 Å². The fourth-order valence-corrected chi connectivity index (χ4v) is 2.46. The number of hydrogen-bond donors (Lipinski definition) is 2. The van der Waals surface area contributed by atoms with Crippen LogP contribution in [0.15, 0.2) is 42.5 Å². The van der Waals surface area contributed by atoms with Gasteiger partial charge in [-0.15, -0.1) is 0 Å². The van der Waals surface area contributed by atoms with Crippen LogP contribution in [0.2, 0.25) is 0 Å². The Morgan fingerprint density at radius 1 is 1.27 bits per heavy atom. The summed E-state index contributed by atoms with van der Waals surface area (Å²) in [5.41, 5.74) is 3.08. The lowest BCUT2D eigenvalue weighted by atomic mass is 10.1. The largest absolute Gasteiger partial charge is 0.497 e. The van der Waals surface area contributed by atoms with Gasteiger partial charge >= 0.3 is 0 Å². The highest BCUT2D eigenvalue weighted by atomic mass is 16.5. The maximum atomic E-state index is 12.1. The average Bonchev–Trinajstić information content (AvgIpc) is 2.88. The van der Waals surface area contributed by atoms with Gasteiger partial charge in [-0.05, 0) is 35.4 Å². The number of methoxy groups -OCH3 is 1. The smallest absolute Gasteiger partial charge is 0.251 e. The second-order valence-corrected chi connectivity index (χ2v) is 5.13. The fraction of sp³-hybridized carbons (Fsp3) is 0.176. The van der Waals surface area contributed by atoms with Crippen LogP contribution in [0.1, 0.15) is 21.5 Å². The first-order valence-electron chi connectivity index (χ1n) is 6.99. The number of hydrogen-bond acceptors (Lipinski definition) is 3. The van der Waals surface area contributed by atoms with E-state index >= 15 is 0 Å². The van der Waals surface area contributed by atoms with Crippen LogP contribution in [-0.2, 0) is 17.8 Å². The highest BCUT2D eigenvalue weighted by molar-refractivity contribution is 6.00. The number of rotatable bonds is 4. The van der Waals surface area contributed by atoms with Crippen LogP contribution in [0.5, 0.6) is 5.75 Å². The minimum atomic E-state index is -0.133. The molecule has 2 amide bonds. The van der Waals surface area contributed by atoms with Crippen molar-refractivity contribution < 1.29 is 14.3 Å². The molecule has 0 saturated heterocycles. The first-order valence-corrected chi connectivity index (χ1v) is 6.99. The molecular weight excluding hydrogens is 280 g/mol. The van der Waals surface area contributed by atoms with Crippen molar-refractivity contribution in [3.63, 3.8) is 0 Å². The molecule has 0 aromatic heterocycles. The summed E-state index contributed by atoms with van der Waals surface area (Å²) in [7, 11) is 1.59. The predicted octanol–water partition coefficient (Wildman–Crippen LogP) is 2.12. The molecule has 22 heavy (non-hydrogen) atoms. The standard InChI is InChI=1S/C17H16N2O3/c1-22-14-4-2-3-11(7-14)8-16(20)19-13-6-5-12-10-18-17(21)15(12)9-13/h2-7,9H,8,10H2,1H3,(H,18,21)(H,19,20). The second-order valence-electron chi connectivity index (χ2n) is 5.13. The second kappa shape index (κ2) is 5.89. The van der Waals surface area contributed by atoms with Crippen LogP contribution >= 0.6 is 0 Å². The number of amides is 2. The molecule has 5 heteroatoms. The summed E-state index contributed by atoms with van der Waals surface area (Å²) in [5, 5.41) is 5.57. The lowest BCUT2D eigenvalue weighted by molar-refractivity contribution is -0.115. The Morgan fingerprint density at radius 2 is 2.14 bits per heavy atom. The molecule has 2 aromatic rings. The van der Waals surface area contributed by atoms with Gasteiger partial charge in [0.05, 0.1) is 13.5 Å². The van der Waals surface area contributed by atoms with Crippen molar-refractivity contribution in [3.05, 3.63) is 59.2 Å². The van der Waals surface area contributed by atoms with Crippen molar-refractivity contribution >= 4 is 17.5 Å². The Kier molecular flexibility index (Phi) is 3.78. The van der Waals surface area contributed by atoms with Crippen molar-refractivity contribution in [1.29, 1.82) is 0 Å². The summed E-state index contributed by atoms with van der Waals surface area (Å²) >= 11 is 0. The monoisotopic (exact) mass is 296 g/mol. The van der Waals surface area contributed by atoms with E-state index in [1.807, 2.05) is 36.4 Å².